The number of hydrogen-bond acceptors (Lipinski definition) is 3. The van der Waals surface area contributed by atoms with Gasteiger partial charge in [0.25, 0.3) is 0 Å². The van der Waals surface area contributed by atoms with Crippen LogP contribution in [-0.4, -0.2) is 16.8 Å². The summed E-state index contributed by atoms with van der Waals surface area (Å²) in [5, 5.41) is 11.5. The van der Waals surface area contributed by atoms with Gasteiger partial charge in [-0.05, 0) is 51.0 Å². The highest BCUT2D eigenvalue weighted by Crippen LogP contribution is 2.22. The summed E-state index contributed by atoms with van der Waals surface area (Å²) in [4.78, 5) is 11.6. The first kappa shape index (κ1) is 14.4. The number of amides is 1. The Morgan fingerprint density at radius 2 is 2.06 bits per heavy atom. The lowest BCUT2D eigenvalue weighted by Gasteiger charge is -2.20. The summed E-state index contributed by atoms with van der Waals surface area (Å²) in [5.41, 5.74) is 0.726. The Labute approximate surface area is 106 Å². The average Bonchev–Trinajstić information content (AvgIpc) is 2.20. The highest BCUT2D eigenvalue weighted by Gasteiger charge is 2.17. The minimum atomic E-state index is -0.653. The van der Waals surface area contributed by atoms with Crippen molar-refractivity contribution >= 4 is 11.8 Å². The van der Waals surface area contributed by atoms with Gasteiger partial charge in [-0.1, -0.05) is 0 Å². The first-order valence-corrected chi connectivity index (χ1v) is 5.63. The molecule has 0 aliphatic carbocycles. The van der Waals surface area contributed by atoms with Crippen molar-refractivity contribution in [3.05, 3.63) is 29.1 Å². The number of carbonyl (C=O) groups excluding carboxylic acids is 1. The standard InChI is InChI=1S/C13H18FNO3/c1-8-9(7-16)5-10(14)6-11(8)15-12(17)18-13(2,3)4/h5-6,16H,7H2,1-4H3,(H,15,17). The van der Waals surface area contributed by atoms with Gasteiger partial charge in [0.2, 0.25) is 0 Å². The number of halogens is 1. The second-order valence-corrected chi connectivity index (χ2v) is 5.02. The molecule has 1 rings (SSSR count). The van der Waals surface area contributed by atoms with Crippen LogP contribution in [0, 0.1) is 12.7 Å². The molecular weight excluding hydrogens is 237 g/mol. The van der Waals surface area contributed by atoms with Crippen LogP contribution in [0.5, 0.6) is 0 Å². The quantitative estimate of drug-likeness (QED) is 0.854. The van der Waals surface area contributed by atoms with Crippen LogP contribution in [0.3, 0.4) is 0 Å². The molecule has 0 bridgehead atoms. The molecule has 0 heterocycles. The monoisotopic (exact) mass is 255 g/mol. The van der Waals surface area contributed by atoms with Crippen molar-refractivity contribution in [2.24, 2.45) is 0 Å². The van der Waals surface area contributed by atoms with Gasteiger partial charge in [-0.15, -0.1) is 0 Å². The number of benzene rings is 1. The number of carbonyl (C=O) groups is 1. The first-order valence-electron chi connectivity index (χ1n) is 5.63. The summed E-state index contributed by atoms with van der Waals surface area (Å²) < 4.78 is 18.4. The second-order valence-electron chi connectivity index (χ2n) is 5.02. The van der Waals surface area contributed by atoms with Crippen LogP contribution in [-0.2, 0) is 11.3 Å². The van der Waals surface area contributed by atoms with Gasteiger partial charge in [-0.25, -0.2) is 9.18 Å². The summed E-state index contributed by atoms with van der Waals surface area (Å²) in [6, 6.07) is 2.42. The molecule has 0 spiro atoms. The molecule has 0 aliphatic rings. The van der Waals surface area contributed by atoms with Crippen LogP contribution in [0.25, 0.3) is 0 Å². The molecular formula is C13H18FNO3. The zero-order chi connectivity index (χ0) is 13.9. The number of rotatable bonds is 2. The van der Waals surface area contributed by atoms with Crippen molar-refractivity contribution in [3.63, 3.8) is 0 Å². The van der Waals surface area contributed by atoms with E-state index in [0.29, 0.717) is 16.8 Å². The van der Waals surface area contributed by atoms with Gasteiger partial charge in [0.15, 0.2) is 0 Å². The summed E-state index contributed by atoms with van der Waals surface area (Å²) in [6.07, 6.45) is -0.653. The first-order chi connectivity index (χ1) is 8.23. The fourth-order valence-corrected chi connectivity index (χ4v) is 1.44. The van der Waals surface area contributed by atoms with E-state index in [9.17, 15) is 9.18 Å². The average molecular weight is 255 g/mol. The number of nitrogens with one attached hydrogen (secondary N) is 1. The molecule has 0 saturated heterocycles. The molecule has 1 amide bonds. The maximum atomic E-state index is 13.3. The number of hydrogen-bond donors (Lipinski definition) is 2. The van der Waals surface area contributed by atoms with E-state index in [1.807, 2.05) is 0 Å². The van der Waals surface area contributed by atoms with E-state index < -0.39 is 17.5 Å². The number of aliphatic hydroxyl groups excluding tert-OH is 1. The third-order valence-electron chi connectivity index (χ3n) is 2.29. The van der Waals surface area contributed by atoms with Crippen LogP contribution < -0.4 is 5.32 Å². The van der Waals surface area contributed by atoms with Gasteiger partial charge < -0.3 is 9.84 Å². The summed E-state index contributed by atoms with van der Waals surface area (Å²) in [5.74, 6) is -0.518. The molecule has 100 valence electrons. The van der Waals surface area contributed by atoms with Gasteiger partial charge in [0.1, 0.15) is 11.4 Å². The fourth-order valence-electron chi connectivity index (χ4n) is 1.44. The zero-order valence-corrected chi connectivity index (χ0v) is 11.0. The molecule has 1 aromatic rings. The van der Waals surface area contributed by atoms with Crippen LogP contribution in [0.4, 0.5) is 14.9 Å². The Morgan fingerprint density at radius 3 is 2.56 bits per heavy atom. The summed E-state index contributed by atoms with van der Waals surface area (Å²) in [7, 11) is 0. The Bertz CT molecular complexity index is 452. The highest BCUT2D eigenvalue weighted by atomic mass is 19.1. The molecule has 4 nitrogen and oxygen atoms in total. The molecule has 5 heteroatoms. The molecule has 0 aliphatic heterocycles. The topological polar surface area (TPSA) is 58.6 Å². The van der Waals surface area contributed by atoms with Crippen LogP contribution >= 0.6 is 0 Å². The predicted molar refractivity (Wildman–Crippen MR) is 66.9 cm³/mol. The van der Waals surface area contributed by atoms with Gasteiger partial charge in [0.05, 0.1) is 12.3 Å². The number of aliphatic hydroxyl groups is 1. The van der Waals surface area contributed by atoms with Crippen LogP contribution in [0.15, 0.2) is 12.1 Å². The minimum Gasteiger partial charge on any atom is -0.444 e. The minimum absolute atomic E-state index is 0.285. The maximum Gasteiger partial charge on any atom is 0.412 e. The van der Waals surface area contributed by atoms with Crippen molar-refractivity contribution in [1.82, 2.24) is 0 Å². The van der Waals surface area contributed by atoms with E-state index in [4.69, 9.17) is 9.84 Å². The second kappa shape index (κ2) is 5.35. The zero-order valence-electron chi connectivity index (χ0n) is 11.0. The van der Waals surface area contributed by atoms with Gasteiger partial charge in [-0.3, -0.25) is 5.32 Å². The van der Waals surface area contributed by atoms with Crippen molar-refractivity contribution in [3.8, 4) is 0 Å². The van der Waals surface area contributed by atoms with E-state index in [2.05, 4.69) is 5.32 Å². The molecule has 0 saturated carbocycles. The van der Waals surface area contributed by atoms with Gasteiger partial charge >= 0.3 is 6.09 Å². The van der Waals surface area contributed by atoms with Crippen LogP contribution in [0.1, 0.15) is 31.9 Å². The maximum absolute atomic E-state index is 13.3. The number of anilines is 1. The lowest BCUT2D eigenvalue weighted by Crippen LogP contribution is -2.27. The largest absolute Gasteiger partial charge is 0.444 e. The summed E-state index contributed by atoms with van der Waals surface area (Å²) in [6.45, 7) is 6.63. The molecule has 2 N–H and O–H groups in total. The Balaban J connectivity index is 2.91. The summed E-state index contributed by atoms with van der Waals surface area (Å²) >= 11 is 0. The number of ether oxygens (including phenoxy) is 1. The van der Waals surface area contributed by atoms with Crippen molar-refractivity contribution in [2.75, 3.05) is 5.32 Å². The van der Waals surface area contributed by atoms with Crippen LogP contribution in [0.2, 0.25) is 0 Å². The van der Waals surface area contributed by atoms with Crippen molar-refractivity contribution in [1.29, 1.82) is 0 Å². The normalized spacial score (nSPS) is 11.2. The molecule has 1 aromatic carbocycles. The Kier molecular flexibility index (Phi) is 4.29. The molecule has 0 aromatic heterocycles. The van der Waals surface area contributed by atoms with Gasteiger partial charge in [0, 0.05) is 0 Å². The molecule has 0 radical (unpaired) electrons. The highest BCUT2D eigenvalue weighted by molar-refractivity contribution is 5.86. The van der Waals surface area contributed by atoms with E-state index in [0.717, 1.165) is 0 Å². The van der Waals surface area contributed by atoms with E-state index >= 15 is 0 Å². The Morgan fingerprint density at radius 1 is 1.44 bits per heavy atom. The Hall–Kier alpha value is -1.62. The van der Waals surface area contributed by atoms with E-state index in [1.165, 1.54) is 12.1 Å². The van der Waals surface area contributed by atoms with E-state index in [-0.39, 0.29) is 6.61 Å². The third-order valence-corrected chi connectivity index (χ3v) is 2.29. The smallest absolute Gasteiger partial charge is 0.412 e. The van der Waals surface area contributed by atoms with E-state index in [1.54, 1.807) is 27.7 Å². The fraction of sp³-hybridized carbons (Fsp3) is 0.462. The van der Waals surface area contributed by atoms with Crippen molar-refractivity contribution in [2.45, 2.75) is 39.9 Å². The predicted octanol–water partition coefficient (Wildman–Crippen LogP) is 2.97. The molecule has 0 fully saturated rings. The van der Waals surface area contributed by atoms with Crippen molar-refractivity contribution < 1.29 is 19.0 Å². The lowest BCUT2D eigenvalue weighted by molar-refractivity contribution is 0.0635. The third kappa shape index (κ3) is 4.00. The molecule has 18 heavy (non-hydrogen) atoms. The molecule has 0 atom stereocenters. The SMILES string of the molecule is Cc1c(CO)cc(F)cc1NC(=O)OC(C)(C)C. The lowest BCUT2D eigenvalue weighted by atomic mass is 10.1. The molecule has 0 unspecified atom stereocenters. The van der Waals surface area contributed by atoms with Gasteiger partial charge in [-0.2, -0.15) is 0 Å².